The summed E-state index contributed by atoms with van der Waals surface area (Å²) in [7, 11) is 0. The Morgan fingerprint density at radius 2 is 1.22 bits per heavy atom. The lowest BCUT2D eigenvalue weighted by Crippen LogP contribution is -2.39. The summed E-state index contributed by atoms with van der Waals surface area (Å²) >= 11 is 0. The maximum absolute atomic E-state index is 13.2. The first-order chi connectivity index (χ1) is 28.9. The first-order valence-corrected chi connectivity index (χ1v) is 20.1. The maximum atomic E-state index is 13.2. The van der Waals surface area contributed by atoms with Crippen LogP contribution in [0.4, 0.5) is 8.78 Å². The van der Waals surface area contributed by atoms with Gasteiger partial charge in [-0.3, -0.25) is 19.7 Å². The minimum Gasteiger partial charge on any atom is -0.337 e. The number of hydrogen-bond acceptors (Lipinski definition) is 11. The van der Waals surface area contributed by atoms with Crippen molar-refractivity contribution in [2.45, 2.75) is 82.3 Å². The molecular weight excluding hydrogens is 786 g/mol. The van der Waals surface area contributed by atoms with Crippen molar-refractivity contribution in [3.8, 4) is 46.7 Å². The van der Waals surface area contributed by atoms with E-state index >= 15 is 0 Å². The van der Waals surface area contributed by atoms with Gasteiger partial charge in [-0.05, 0) is 119 Å². The molecule has 10 rings (SSSR count). The van der Waals surface area contributed by atoms with Gasteiger partial charge < -0.3 is 14.4 Å². The molecule has 1 N–H and O–H groups in total. The fraction of sp³-hybridized carbons (Fsp3) is 0.326. The molecule has 306 valence electrons. The maximum Gasteiger partial charge on any atom is 0.244 e. The fourth-order valence-corrected chi connectivity index (χ4v) is 7.00. The molecule has 2 aliphatic carbocycles. The normalized spacial score (nSPS) is 18.1. The van der Waals surface area contributed by atoms with Gasteiger partial charge in [0.05, 0.1) is 12.1 Å². The van der Waals surface area contributed by atoms with Gasteiger partial charge in [0, 0.05) is 53.5 Å². The van der Waals surface area contributed by atoms with Crippen LogP contribution >= 0.6 is 12.4 Å². The largest absolute Gasteiger partial charge is 0.337 e. The molecule has 2 unspecified atom stereocenters. The van der Waals surface area contributed by atoms with Crippen molar-refractivity contribution in [2.24, 2.45) is 0 Å². The van der Waals surface area contributed by atoms with Gasteiger partial charge in [0.1, 0.15) is 28.8 Å². The first kappa shape index (κ1) is 42.0. The zero-order valence-electron chi connectivity index (χ0n) is 32.8. The number of halogens is 3. The Kier molecular flexibility index (Phi) is 14.2. The molecule has 0 bridgehead atoms. The number of Topliss-reactive ketones (excluding diaryl/α,β-unsaturated/α-hetero) is 1. The van der Waals surface area contributed by atoms with Crippen molar-refractivity contribution in [3.05, 3.63) is 131 Å². The second-order valence-corrected chi connectivity index (χ2v) is 14.8. The van der Waals surface area contributed by atoms with Crippen LogP contribution in [-0.2, 0) is 4.79 Å². The third kappa shape index (κ3) is 10.9. The second-order valence-electron chi connectivity index (χ2n) is 14.8. The van der Waals surface area contributed by atoms with Crippen LogP contribution in [0.15, 0.2) is 94.2 Å². The van der Waals surface area contributed by atoms with Crippen molar-refractivity contribution in [2.75, 3.05) is 13.1 Å². The monoisotopic (exact) mass is 828 g/mol. The highest BCUT2D eigenvalue weighted by molar-refractivity contribution is 5.85. The standard InChI is InChI=1S/C23H21FN4O.C19H15FN4O.C4H6O.ClH/c24-18-5-1-4-16(14-18)9-10-17-11-12-20(25-15-17)22-26-23(29-27-22)21-8-3-13-28(21)19-6-2-7-19;20-15-4-1-3-13(11-15)6-7-14-8-9-16(22-12-14)18-23-19(25-24-18)17-5-2-10-21-17;5-4-2-1-3-4;/h1,4-5,11-12,14-15,19,21H,2-3,6-8,13H2;1,3-4,8-9,11-12,17,21H,2,5,10H2;1-3H2;1H. The lowest BCUT2D eigenvalue weighted by atomic mass is 9.91. The topological polar surface area (TPSA) is 136 Å². The van der Waals surface area contributed by atoms with Crippen LogP contribution in [-0.4, -0.2) is 60.1 Å². The molecule has 6 heterocycles. The second kappa shape index (κ2) is 20.2. The SMILES string of the molecule is Cl.Fc1cccc(C#Cc2ccc(-c3noc(C4CCCN4)n3)nc2)c1.Fc1cccc(C#Cc2ccc(-c3noc(C4CCCN4C4CCC4)n3)nc2)c1.O=C1CCC1. The van der Waals surface area contributed by atoms with Crippen LogP contribution < -0.4 is 5.32 Å². The van der Waals surface area contributed by atoms with E-state index in [9.17, 15) is 13.6 Å². The Hall–Kier alpha value is -6.12. The molecule has 2 aromatic carbocycles. The molecule has 4 aromatic heterocycles. The number of aromatic nitrogens is 6. The Morgan fingerprint density at radius 3 is 1.68 bits per heavy atom. The Labute approximate surface area is 353 Å². The molecule has 60 heavy (non-hydrogen) atoms. The van der Waals surface area contributed by atoms with E-state index in [0.717, 1.165) is 62.7 Å². The number of carbonyl (C=O) groups is 1. The third-order valence-electron chi connectivity index (χ3n) is 10.6. The Morgan fingerprint density at radius 1 is 0.650 bits per heavy atom. The van der Waals surface area contributed by atoms with Crippen LogP contribution in [0.25, 0.3) is 23.0 Å². The number of benzene rings is 2. The molecule has 2 saturated heterocycles. The van der Waals surface area contributed by atoms with E-state index in [4.69, 9.17) is 9.05 Å². The summed E-state index contributed by atoms with van der Waals surface area (Å²) in [5.41, 5.74) is 4.01. The summed E-state index contributed by atoms with van der Waals surface area (Å²) < 4.78 is 37.3. The van der Waals surface area contributed by atoms with Crippen molar-refractivity contribution in [3.63, 3.8) is 0 Å². The summed E-state index contributed by atoms with van der Waals surface area (Å²) in [5.74, 6) is 13.9. The zero-order valence-corrected chi connectivity index (χ0v) is 33.6. The van der Waals surface area contributed by atoms with Crippen molar-refractivity contribution < 1.29 is 22.6 Å². The Balaban J connectivity index is 0.000000161. The molecule has 0 spiro atoms. The smallest absolute Gasteiger partial charge is 0.244 e. The number of ketones is 1. The summed E-state index contributed by atoms with van der Waals surface area (Å²) in [4.78, 5) is 30.2. The summed E-state index contributed by atoms with van der Waals surface area (Å²) in [6, 6.07) is 20.8. The van der Waals surface area contributed by atoms with Gasteiger partial charge in [0.2, 0.25) is 23.4 Å². The highest BCUT2D eigenvalue weighted by Crippen LogP contribution is 2.39. The number of carbonyl (C=O) groups excluding carboxylic acids is 1. The first-order valence-electron chi connectivity index (χ1n) is 20.1. The number of rotatable bonds is 5. The molecule has 0 amide bonds. The Bertz CT molecular complexity index is 2490. The molecule has 2 atom stereocenters. The van der Waals surface area contributed by atoms with E-state index in [1.165, 1.54) is 49.9 Å². The fourth-order valence-electron chi connectivity index (χ4n) is 7.00. The lowest BCUT2D eigenvalue weighted by molar-refractivity contribution is -0.123. The van der Waals surface area contributed by atoms with Gasteiger partial charge >= 0.3 is 0 Å². The van der Waals surface area contributed by atoms with Gasteiger partial charge in [-0.2, -0.15) is 9.97 Å². The van der Waals surface area contributed by atoms with Crippen LogP contribution in [0.5, 0.6) is 0 Å². The quantitative estimate of drug-likeness (QED) is 0.167. The van der Waals surface area contributed by atoms with Gasteiger partial charge in [0.15, 0.2) is 0 Å². The van der Waals surface area contributed by atoms with Gasteiger partial charge in [-0.1, -0.05) is 52.5 Å². The molecule has 2 saturated carbocycles. The van der Waals surface area contributed by atoms with Gasteiger partial charge in [-0.25, -0.2) is 8.78 Å². The van der Waals surface area contributed by atoms with E-state index in [1.807, 2.05) is 18.2 Å². The molecule has 14 heteroatoms. The minimum atomic E-state index is -0.301. The van der Waals surface area contributed by atoms with E-state index in [2.05, 4.69) is 64.1 Å². The van der Waals surface area contributed by atoms with Gasteiger partial charge in [-0.15, -0.1) is 12.4 Å². The van der Waals surface area contributed by atoms with Crippen molar-refractivity contribution in [1.29, 1.82) is 0 Å². The molecule has 4 aliphatic rings. The average molecular weight is 829 g/mol. The summed E-state index contributed by atoms with van der Waals surface area (Å²) in [5, 5.41) is 11.5. The third-order valence-corrected chi connectivity index (χ3v) is 10.6. The van der Waals surface area contributed by atoms with Crippen LogP contribution in [0.2, 0.25) is 0 Å². The highest BCUT2D eigenvalue weighted by Gasteiger charge is 2.37. The number of nitrogens with one attached hydrogen (secondary N) is 1. The van der Waals surface area contributed by atoms with Crippen LogP contribution in [0, 0.1) is 35.3 Å². The lowest BCUT2D eigenvalue weighted by Gasteiger charge is -2.37. The van der Waals surface area contributed by atoms with Crippen LogP contribution in [0.1, 0.15) is 110 Å². The summed E-state index contributed by atoms with van der Waals surface area (Å²) in [6.45, 7) is 2.09. The van der Waals surface area contributed by atoms with E-state index in [-0.39, 0.29) is 36.1 Å². The van der Waals surface area contributed by atoms with E-state index in [1.54, 1.807) is 42.7 Å². The van der Waals surface area contributed by atoms with Crippen LogP contribution in [0.3, 0.4) is 0 Å². The number of nitrogens with zero attached hydrogens (tertiary/aromatic N) is 7. The zero-order chi connectivity index (χ0) is 40.4. The predicted octanol–water partition coefficient (Wildman–Crippen LogP) is 8.62. The molecule has 0 radical (unpaired) electrons. The molecule has 4 fully saturated rings. The average Bonchev–Trinajstić information content (AvgIpc) is 4.07. The molecule has 2 aliphatic heterocycles. The van der Waals surface area contributed by atoms with Crippen molar-refractivity contribution in [1.82, 2.24) is 40.5 Å². The van der Waals surface area contributed by atoms with Gasteiger partial charge in [0.25, 0.3) is 0 Å². The highest BCUT2D eigenvalue weighted by atomic mass is 35.5. The van der Waals surface area contributed by atoms with Crippen molar-refractivity contribution >= 4 is 18.2 Å². The molecule has 6 aromatic rings. The predicted molar refractivity (Wildman–Crippen MR) is 222 cm³/mol. The minimum absolute atomic E-state index is 0. The van der Waals surface area contributed by atoms with E-state index < -0.39 is 0 Å². The molecular formula is C46H43ClF2N8O3. The number of hydrogen-bond donors (Lipinski definition) is 1. The molecule has 11 nitrogen and oxygen atoms in total. The number of likely N-dealkylation sites (tertiary alicyclic amines) is 1. The summed E-state index contributed by atoms with van der Waals surface area (Å²) in [6.07, 6.45) is 14.4. The number of pyridine rings is 2. The van der Waals surface area contributed by atoms with E-state index in [0.29, 0.717) is 57.8 Å².